The quantitative estimate of drug-likeness (QED) is 0.496. The summed E-state index contributed by atoms with van der Waals surface area (Å²) < 4.78 is 25.7. The Kier molecular flexibility index (Phi) is 6.05. The average molecular weight is 306 g/mol. The van der Waals surface area contributed by atoms with E-state index in [2.05, 4.69) is 14.4 Å². The summed E-state index contributed by atoms with van der Waals surface area (Å²) in [5.74, 6) is -1.05. The van der Waals surface area contributed by atoms with Gasteiger partial charge in [0.15, 0.2) is 0 Å². The Hall–Kier alpha value is -1.33. The number of phosphoric ester groups is 1. The van der Waals surface area contributed by atoms with E-state index in [9.17, 15) is 9.36 Å². The van der Waals surface area contributed by atoms with Gasteiger partial charge in [-0.1, -0.05) is 29.8 Å². The van der Waals surface area contributed by atoms with Crippen molar-refractivity contribution in [1.82, 2.24) is 0 Å². The van der Waals surface area contributed by atoms with Gasteiger partial charge in [-0.3, -0.25) is 13.8 Å². The van der Waals surface area contributed by atoms with Crippen molar-refractivity contribution in [2.24, 2.45) is 0 Å². The molecule has 1 aromatic carbocycles. The maximum atomic E-state index is 11.8. The molecule has 1 rings (SSSR count). The van der Waals surface area contributed by atoms with Gasteiger partial charge < -0.3 is 9.84 Å². The van der Waals surface area contributed by atoms with Gasteiger partial charge in [-0.05, 0) is 12.1 Å². The Morgan fingerprint density at radius 2 is 1.84 bits per heavy atom. The largest absolute Gasteiger partial charge is 0.529 e. The Morgan fingerprint density at radius 3 is 2.32 bits per heavy atom. The zero-order valence-electron chi connectivity index (χ0n) is 10.3. The van der Waals surface area contributed by atoms with Gasteiger partial charge in [0.1, 0.15) is 0 Å². The molecular weight excluding hydrogens is 293 g/mol. The predicted molar refractivity (Wildman–Crippen MR) is 71.7 cm³/mol. The van der Waals surface area contributed by atoms with Crippen molar-refractivity contribution >= 4 is 31.0 Å². The van der Waals surface area contributed by atoms with Crippen LogP contribution in [0.4, 0.5) is 5.69 Å². The van der Waals surface area contributed by atoms with Gasteiger partial charge >= 0.3 is 7.82 Å². The summed E-state index contributed by atoms with van der Waals surface area (Å²) in [5, 5.41) is 2.51. The lowest BCUT2D eigenvalue weighted by molar-refractivity contribution is -0.115. The zero-order valence-corrected chi connectivity index (χ0v) is 12.0. The Morgan fingerprint density at radius 1 is 1.26 bits per heavy atom. The maximum Gasteiger partial charge on any atom is 0.529 e. The molecule has 0 radical (unpaired) electrons. The smallest absolute Gasteiger partial charge is 0.397 e. The van der Waals surface area contributed by atoms with Crippen LogP contribution in [0.15, 0.2) is 41.6 Å². The van der Waals surface area contributed by atoms with Gasteiger partial charge in [0.25, 0.3) is 5.91 Å². The van der Waals surface area contributed by atoms with Crippen molar-refractivity contribution in [3.63, 3.8) is 0 Å². The van der Waals surface area contributed by atoms with E-state index in [4.69, 9.17) is 16.1 Å². The van der Waals surface area contributed by atoms with Crippen LogP contribution < -0.4 is 5.32 Å². The summed E-state index contributed by atoms with van der Waals surface area (Å²) in [4.78, 5) is 11.8. The summed E-state index contributed by atoms with van der Waals surface area (Å²) in [6, 6.07) is 8.64. The van der Waals surface area contributed by atoms with E-state index in [1.165, 1.54) is 0 Å². The standard InChI is InChI=1S/C11H13ClNO5P/c1-16-19(15,17-2)18-10(8-12)11(14)13-9-6-4-3-5-7-9/h3-8H,1-2H3,(H,13,14)/b10-8+. The first-order valence-corrected chi connectivity index (χ1v) is 7.02. The Bertz CT molecular complexity index is 497. The molecule has 1 N–H and O–H groups in total. The summed E-state index contributed by atoms with van der Waals surface area (Å²) >= 11 is 5.47. The molecule has 0 heterocycles. The second kappa shape index (κ2) is 7.31. The van der Waals surface area contributed by atoms with Crippen LogP contribution in [-0.2, 0) is 22.9 Å². The van der Waals surface area contributed by atoms with E-state index < -0.39 is 13.7 Å². The fourth-order valence-corrected chi connectivity index (χ4v) is 1.98. The number of rotatable bonds is 6. The van der Waals surface area contributed by atoms with E-state index >= 15 is 0 Å². The van der Waals surface area contributed by atoms with Gasteiger partial charge in [0.2, 0.25) is 5.76 Å². The highest BCUT2D eigenvalue weighted by atomic mass is 35.5. The predicted octanol–water partition coefficient (Wildman–Crippen LogP) is 3.12. The summed E-state index contributed by atoms with van der Waals surface area (Å²) in [6.07, 6.45) is 0. The van der Waals surface area contributed by atoms with Crippen LogP contribution in [0.5, 0.6) is 0 Å². The maximum absolute atomic E-state index is 11.8. The highest BCUT2D eigenvalue weighted by Crippen LogP contribution is 2.49. The van der Waals surface area contributed by atoms with E-state index in [0.717, 1.165) is 19.8 Å². The van der Waals surface area contributed by atoms with Crippen molar-refractivity contribution in [1.29, 1.82) is 0 Å². The van der Waals surface area contributed by atoms with Crippen LogP contribution in [0.2, 0.25) is 0 Å². The lowest BCUT2D eigenvalue weighted by Crippen LogP contribution is -2.16. The number of para-hydroxylation sites is 1. The molecule has 0 aliphatic carbocycles. The number of phosphoric acid groups is 1. The van der Waals surface area contributed by atoms with Crippen molar-refractivity contribution in [2.75, 3.05) is 19.5 Å². The number of anilines is 1. The SMILES string of the molecule is COP(=O)(OC)O/C(=C/Cl)C(=O)Nc1ccccc1. The topological polar surface area (TPSA) is 73.9 Å². The molecule has 8 heteroatoms. The molecule has 19 heavy (non-hydrogen) atoms. The number of carbonyl (C=O) groups is 1. The second-order valence-electron chi connectivity index (χ2n) is 3.20. The van der Waals surface area contributed by atoms with Crippen molar-refractivity contribution in [3.8, 4) is 0 Å². The van der Waals surface area contributed by atoms with Crippen LogP contribution >= 0.6 is 19.4 Å². The lowest BCUT2D eigenvalue weighted by atomic mass is 10.3. The van der Waals surface area contributed by atoms with E-state index in [-0.39, 0.29) is 5.76 Å². The number of hydrogen-bond donors (Lipinski definition) is 1. The van der Waals surface area contributed by atoms with Crippen LogP contribution in [0.3, 0.4) is 0 Å². The van der Waals surface area contributed by atoms with Crippen LogP contribution in [0.25, 0.3) is 0 Å². The molecule has 1 amide bonds. The number of hydrogen-bond acceptors (Lipinski definition) is 5. The number of amides is 1. The van der Waals surface area contributed by atoms with E-state index in [1.54, 1.807) is 30.3 Å². The molecule has 0 spiro atoms. The van der Waals surface area contributed by atoms with Gasteiger partial charge in [0.05, 0.1) is 5.54 Å². The van der Waals surface area contributed by atoms with Crippen molar-refractivity contribution in [2.45, 2.75) is 0 Å². The average Bonchev–Trinajstić information content (AvgIpc) is 2.45. The molecule has 0 aliphatic rings. The van der Waals surface area contributed by atoms with E-state index in [1.807, 2.05) is 0 Å². The molecule has 0 aromatic heterocycles. The third-order valence-electron chi connectivity index (χ3n) is 2.01. The monoisotopic (exact) mass is 305 g/mol. The molecule has 104 valence electrons. The molecule has 0 bridgehead atoms. The summed E-state index contributed by atoms with van der Waals surface area (Å²) in [7, 11) is -1.57. The molecule has 0 fully saturated rings. The molecule has 1 aromatic rings. The van der Waals surface area contributed by atoms with E-state index in [0.29, 0.717) is 5.69 Å². The number of halogens is 1. The van der Waals surface area contributed by atoms with Crippen molar-refractivity contribution < 1.29 is 22.9 Å². The first-order valence-electron chi connectivity index (χ1n) is 5.12. The molecule has 0 saturated heterocycles. The van der Waals surface area contributed by atoms with Gasteiger partial charge in [0, 0.05) is 19.9 Å². The number of benzene rings is 1. The van der Waals surface area contributed by atoms with Crippen LogP contribution in [0.1, 0.15) is 0 Å². The third kappa shape index (κ3) is 4.69. The molecule has 0 aliphatic heterocycles. The molecule has 0 atom stereocenters. The fourth-order valence-electron chi connectivity index (χ4n) is 1.09. The molecular formula is C11H13ClNO5P. The first kappa shape index (κ1) is 15.7. The second-order valence-corrected chi connectivity index (χ2v) is 5.22. The molecule has 6 nitrogen and oxygen atoms in total. The minimum absolute atomic E-state index is 0.377. The zero-order chi connectivity index (χ0) is 14.3. The third-order valence-corrected chi connectivity index (χ3v) is 3.52. The van der Waals surface area contributed by atoms with Crippen molar-refractivity contribution in [3.05, 3.63) is 41.6 Å². The van der Waals surface area contributed by atoms with Gasteiger partial charge in [-0.15, -0.1) is 0 Å². The molecule has 0 unspecified atom stereocenters. The summed E-state index contributed by atoms with van der Waals surface area (Å²) in [6.45, 7) is 0. The van der Waals surface area contributed by atoms with Crippen LogP contribution in [-0.4, -0.2) is 20.1 Å². The minimum atomic E-state index is -3.83. The number of carbonyl (C=O) groups excluding carboxylic acids is 1. The Balaban J connectivity index is 2.76. The highest BCUT2D eigenvalue weighted by Gasteiger charge is 2.28. The summed E-state index contributed by atoms with van der Waals surface area (Å²) in [5.41, 5.74) is 1.39. The fraction of sp³-hybridized carbons (Fsp3) is 0.182. The first-order chi connectivity index (χ1) is 9.04. The normalized spacial score (nSPS) is 12.1. The lowest BCUT2D eigenvalue weighted by Gasteiger charge is -2.15. The Labute approximate surface area is 115 Å². The van der Waals surface area contributed by atoms with Gasteiger partial charge in [-0.25, -0.2) is 4.57 Å². The minimum Gasteiger partial charge on any atom is -0.397 e. The highest BCUT2D eigenvalue weighted by molar-refractivity contribution is 7.48. The van der Waals surface area contributed by atoms with Crippen LogP contribution in [0, 0.1) is 0 Å². The number of nitrogens with one attached hydrogen (secondary N) is 1. The van der Waals surface area contributed by atoms with Gasteiger partial charge in [-0.2, -0.15) is 0 Å². The molecule has 0 saturated carbocycles.